The molecule has 1 fully saturated rings. The highest BCUT2D eigenvalue weighted by molar-refractivity contribution is 7.96. The predicted octanol–water partition coefficient (Wildman–Crippen LogP) is 2.71. The summed E-state index contributed by atoms with van der Waals surface area (Å²) in [6.07, 6.45) is 7.59. The van der Waals surface area contributed by atoms with Crippen LogP contribution in [0.1, 0.15) is 38.5 Å². The lowest BCUT2D eigenvalue weighted by Gasteiger charge is -2.35. The van der Waals surface area contributed by atoms with Gasteiger partial charge in [0.05, 0.1) is 0 Å². The van der Waals surface area contributed by atoms with Crippen LogP contribution in [-0.2, 0) is 4.79 Å². The number of hydrogen-bond acceptors (Lipinski definition) is 4. The first kappa shape index (κ1) is 19.6. The van der Waals surface area contributed by atoms with Gasteiger partial charge in [0.25, 0.3) is 5.24 Å². The fourth-order valence-electron chi connectivity index (χ4n) is 3.01. The predicted molar refractivity (Wildman–Crippen MR) is 103 cm³/mol. The van der Waals surface area contributed by atoms with Gasteiger partial charge in [-0.3, -0.25) is 9.59 Å². The Labute approximate surface area is 155 Å². The lowest BCUT2D eigenvalue weighted by molar-refractivity contribution is -0.131. The number of anilines is 1. The third kappa shape index (κ3) is 7.34. The summed E-state index contributed by atoms with van der Waals surface area (Å²) >= 11 is 3.66. The first-order chi connectivity index (χ1) is 12.2. The van der Waals surface area contributed by atoms with Crippen LogP contribution in [0, 0.1) is 0 Å². The smallest absolute Gasteiger partial charge is 0.275 e. The quantitative estimate of drug-likeness (QED) is 0.522. The van der Waals surface area contributed by atoms with Crippen molar-refractivity contribution in [3.05, 3.63) is 24.4 Å². The molecule has 1 aliphatic heterocycles. The van der Waals surface area contributed by atoms with E-state index in [1.54, 1.807) is 6.20 Å². The number of thiol groups is 1. The highest BCUT2D eigenvalue weighted by atomic mass is 32.1. The second-order valence-electron chi connectivity index (χ2n) is 6.31. The Hall–Kier alpha value is -1.76. The lowest BCUT2D eigenvalue weighted by atomic mass is 10.1. The van der Waals surface area contributed by atoms with Gasteiger partial charge in [-0.2, -0.15) is 0 Å². The van der Waals surface area contributed by atoms with Crippen molar-refractivity contribution in [3.63, 3.8) is 0 Å². The average molecular weight is 365 g/mol. The molecule has 138 valence electrons. The molecule has 0 aliphatic carbocycles. The van der Waals surface area contributed by atoms with Crippen LogP contribution < -0.4 is 10.2 Å². The van der Waals surface area contributed by atoms with Crippen molar-refractivity contribution >= 4 is 29.6 Å². The molecule has 0 aromatic carbocycles. The minimum absolute atomic E-state index is 0.267. The number of aromatic nitrogens is 1. The molecule has 1 saturated heterocycles. The highest BCUT2D eigenvalue weighted by Gasteiger charge is 2.21. The molecule has 0 saturated carbocycles. The van der Waals surface area contributed by atoms with E-state index in [-0.39, 0.29) is 11.1 Å². The number of hydrogen-bond donors (Lipinski definition) is 2. The second kappa shape index (κ2) is 11.0. The van der Waals surface area contributed by atoms with E-state index in [2.05, 4.69) is 27.8 Å². The van der Waals surface area contributed by atoms with Gasteiger partial charge in [-0.15, -0.1) is 0 Å². The Morgan fingerprint density at radius 1 is 1.04 bits per heavy atom. The zero-order valence-corrected chi connectivity index (χ0v) is 15.6. The maximum Gasteiger partial charge on any atom is 0.275 e. The Kier molecular flexibility index (Phi) is 8.59. The van der Waals surface area contributed by atoms with Gasteiger partial charge in [0.2, 0.25) is 5.91 Å². The average Bonchev–Trinajstić information content (AvgIpc) is 2.64. The van der Waals surface area contributed by atoms with Crippen LogP contribution >= 0.6 is 12.6 Å². The van der Waals surface area contributed by atoms with E-state index in [1.807, 2.05) is 23.1 Å². The van der Waals surface area contributed by atoms with Crippen molar-refractivity contribution in [1.29, 1.82) is 0 Å². The molecule has 1 aromatic rings. The number of carbonyl (C=O) groups is 2. The van der Waals surface area contributed by atoms with E-state index in [0.717, 1.165) is 64.1 Å². The van der Waals surface area contributed by atoms with Crippen LogP contribution in [-0.4, -0.2) is 53.8 Å². The van der Waals surface area contributed by atoms with Gasteiger partial charge in [-0.05, 0) is 25.0 Å². The number of rotatable bonds is 9. The summed E-state index contributed by atoms with van der Waals surface area (Å²) in [6.45, 7) is 3.93. The number of nitrogens with one attached hydrogen (secondary N) is 1. The Morgan fingerprint density at radius 2 is 1.76 bits per heavy atom. The van der Waals surface area contributed by atoms with Crippen LogP contribution in [0.15, 0.2) is 24.4 Å². The second-order valence-corrected chi connectivity index (χ2v) is 6.71. The summed E-state index contributed by atoms with van der Waals surface area (Å²) in [4.78, 5) is 31.5. The molecule has 1 aliphatic rings. The molecule has 0 bridgehead atoms. The van der Waals surface area contributed by atoms with Crippen LogP contribution in [0.2, 0.25) is 0 Å². The molecular formula is C18H28N4O2S. The van der Waals surface area contributed by atoms with Crippen LogP contribution in [0.25, 0.3) is 0 Å². The van der Waals surface area contributed by atoms with Crippen molar-refractivity contribution in [1.82, 2.24) is 15.2 Å². The lowest BCUT2D eigenvalue weighted by Crippen LogP contribution is -2.49. The largest absolute Gasteiger partial charge is 0.353 e. The number of amides is 2. The standard InChI is InChI=1S/C18H28N4O2S/c23-17(9-4-2-1-3-6-11-20-18(24)25)22-14-12-21(13-15-22)16-8-5-7-10-19-16/h5,7-8,10H,1-4,6,9,11-15H2,(H2,20,24,25). The number of unbranched alkanes of at least 4 members (excludes halogenated alkanes) is 4. The zero-order valence-electron chi connectivity index (χ0n) is 14.7. The van der Waals surface area contributed by atoms with E-state index in [0.29, 0.717) is 13.0 Å². The molecular weight excluding hydrogens is 336 g/mol. The van der Waals surface area contributed by atoms with Gasteiger partial charge in [0, 0.05) is 45.3 Å². The summed E-state index contributed by atoms with van der Waals surface area (Å²) in [5.41, 5.74) is 0. The van der Waals surface area contributed by atoms with Crippen LogP contribution in [0.4, 0.5) is 10.6 Å². The minimum atomic E-state index is -0.270. The molecule has 2 amide bonds. The third-order valence-electron chi connectivity index (χ3n) is 4.45. The topological polar surface area (TPSA) is 65.5 Å². The van der Waals surface area contributed by atoms with Crippen molar-refractivity contribution < 1.29 is 9.59 Å². The Balaban J connectivity index is 1.53. The maximum atomic E-state index is 12.3. The van der Waals surface area contributed by atoms with E-state index in [1.165, 1.54) is 0 Å². The summed E-state index contributed by atoms with van der Waals surface area (Å²) in [7, 11) is 0. The SMILES string of the molecule is O=C(S)NCCCCCCCC(=O)N1CCN(c2ccccn2)CC1. The van der Waals surface area contributed by atoms with Gasteiger partial charge in [-0.1, -0.05) is 38.0 Å². The molecule has 7 heteroatoms. The molecule has 0 atom stereocenters. The van der Waals surface area contributed by atoms with Gasteiger partial charge in [0.15, 0.2) is 0 Å². The number of pyridine rings is 1. The van der Waals surface area contributed by atoms with E-state index in [4.69, 9.17) is 0 Å². The van der Waals surface area contributed by atoms with Gasteiger partial charge in [-0.25, -0.2) is 4.98 Å². The fourth-order valence-corrected chi connectivity index (χ4v) is 3.12. The highest BCUT2D eigenvalue weighted by Crippen LogP contribution is 2.14. The van der Waals surface area contributed by atoms with Crippen molar-refractivity contribution in [3.8, 4) is 0 Å². The van der Waals surface area contributed by atoms with Crippen molar-refractivity contribution in [2.75, 3.05) is 37.6 Å². The summed E-state index contributed by atoms with van der Waals surface area (Å²) in [6, 6.07) is 5.92. The van der Waals surface area contributed by atoms with E-state index < -0.39 is 0 Å². The van der Waals surface area contributed by atoms with Gasteiger partial charge in [0.1, 0.15) is 5.82 Å². The Morgan fingerprint density at radius 3 is 2.44 bits per heavy atom. The first-order valence-corrected chi connectivity index (χ1v) is 9.52. The number of carbonyl (C=O) groups excluding carboxylic acids is 2. The molecule has 25 heavy (non-hydrogen) atoms. The molecule has 1 N–H and O–H groups in total. The van der Waals surface area contributed by atoms with E-state index in [9.17, 15) is 9.59 Å². The van der Waals surface area contributed by atoms with E-state index >= 15 is 0 Å². The minimum Gasteiger partial charge on any atom is -0.353 e. The van der Waals surface area contributed by atoms with Gasteiger partial charge < -0.3 is 15.1 Å². The number of nitrogens with zero attached hydrogens (tertiary/aromatic N) is 3. The summed E-state index contributed by atoms with van der Waals surface area (Å²) in [5, 5.41) is 2.40. The number of piperazine rings is 1. The molecule has 0 radical (unpaired) electrons. The normalized spacial score (nSPS) is 14.4. The van der Waals surface area contributed by atoms with Crippen LogP contribution in [0.3, 0.4) is 0 Å². The zero-order chi connectivity index (χ0) is 17.9. The van der Waals surface area contributed by atoms with Crippen LogP contribution in [0.5, 0.6) is 0 Å². The third-order valence-corrected chi connectivity index (χ3v) is 4.61. The summed E-state index contributed by atoms with van der Waals surface area (Å²) < 4.78 is 0. The van der Waals surface area contributed by atoms with Crippen molar-refractivity contribution in [2.24, 2.45) is 0 Å². The maximum absolute atomic E-state index is 12.3. The monoisotopic (exact) mass is 364 g/mol. The Bertz CT molecular complexity index is 533. The molecule has 2 heterocycles. The van der Waals surface area contributed by atoms with Gasteiger partial charge >= 0.3 is 0 Å². The molecule has 0 unspecified atom stereocenters. The molecule has 1 aromatic heterocycles. The fraction of sp³-hybridized carbons (Fsp3) is 0.611. The molecule has 0 spiro atoms. The molecule has 6 nitrogen and oxygen atoms in total. The van der Waals surface area contributed by atoms with Crippen molar-refractivity contribution in [2.45, 2.75) is 38.5 Å². The molecule has 2 rings (SSSR count). The first-order valence-electron chi connectivity index (χ1n) is 9.07. The summed E-state index contributed by atoms with van der Waals surface area (Å²) in [5.74, 6) is 1.26.